The van der Waals surface area contributed by atoms with Crippen molar-refractivity contribution in [3.8, 4) is 5.75 Å². The topological polar surface area (TPSA) is 64.6 Å². The number of aryl methyl sites for hydroxylation is 1. The third-order valence-corrected chi connectivity index (χ3v) is 4.40. The summed E-state index contributed by atoms with van der Waals surface area (Å²) in [6.45, 7) is 3.36. The number of hydrogen-bond donors (Lipinski definition) is 1. The molecule has 1 N–H and O–H groups in total. The van der Waals surface area contributed by atoms with E-state index in [0.29, 0.717) is 22.9 Å². The number of hydrogen-bond acceptors (Lipinski definition) is 4. The molecule has 0 aliphatic rings. The molecule has 0 aliphatic heterocycles. The zero-order valence-electron chi connectivity index (χ0n) is 15.0. The van der Waals surface area contributed by atoms with Gasteiger partial charge in [-0.1, -0.05) is 48.9 Å². The fourth-order valence-electron chi connectivity index (χ4n) is 2.58. The molecule has 138 valence electrons. The maximum Gasteiger partial charge on any atom is 0.313 e. The van der Waals surface area contributed by atoms with Crippen LogP contribution in [0.3, 0.4) is 0 Å². The lowest BCUT2D eigenvalue weighted by atomic mass is 9.97. The van der Waals surface area contributed by atoms with Crippen LogP contribution in [0.4, 0.5) is 5.69 Å². The van der Waals surface area contributed by atoms with E-state index in [1.807, 2.05) is 44.2 Å². The van der Waals surface area contributed by atoms with E-state index >= 15 is 0 Å². The average molecular weight is 376 g/mol. The summed E-state index contributed by atoms with van der Waals surface area (Å²) in [5, 5.41) is 3.22. The van der Waals surface area contributed by atoms with Crippen LogP contribution in [0.2, 0.25) is 5.02 Å². The van der Waals surface area contributed by atoms with Gasteiger partial charge in [-0.3, -0.25) is 9.59 Å². The number of ether oxygens (including phenoxy) is 2. The van der Waals surface area contributed by atoms with Crippen molar-refractivity contribution in [2.75, 3.05) is 19.0 Å². The zero-order chi connectivity index (χ0) is 19.1. The summed E-state index contributed by atoms with van der Waals surface area (Å²) in [6, 6.07) is 12.7. The van der Waals surface area contributed by atoms with Crippen molar-refractivity contribution in [1.82, 2.24) is 0 Å². The fourth-order valence-corrected chi connectivity index (χ4v) is 2.73. The highest BCUT2D eigenvalue weighted by Crippen LogP contribution is 2.31. The first kappa shape index (κ1) is 19.8. The van der Waals surface area contributed by atoms with E-state index in [1.165, 1.54) is 7.11 Å². The Balaban J connectivity index is 1.98. The second-order valence-electron chi connectivity index (χ2n) is 5.83. The van der Waals surface area contributed by atoms with Crippen molar-refractivity contribution in [1.29, 1.82) is 0 Å². The van der Waals surface area contributed by atoms with Gasteiger partial charge in [-0.15, -0.1) is 0 Å². The van der Waals surface area contributed by atoms with Gasteiger partial charge in [0.25, 0.3) is 5.91 Å². The summed E-state index contributed by atoms with van der Waals surface area (Å²) in [5.74, 6) is -0.818. The summed E-state index contributed by atoms with van der Waals surface area (Å²) in [7, 11) is 1.49. The monoisotopic (exact) mass is 375 g/mol. The smallest absolute Gasteiger partial charge is 0.313 e. The van der Waals surface area contributed by atoms with Crippen molar-refractivity contribution in [3.63, 3.8) is 0 Å². The van der Waals surface area contributed by atoms with Crippen molar-refractivity contribution >= 4 is 29.2 Å². The van der Waals surface area contributed by atoms with E-state index in [4.69, 9.17) is 21.1 Å². The Morgan fingerprint density at radius 3 is 2.50 bits per heavy atom. The van der Waals surface area contributed by atoms with Crippen LogP contribution in [0.15, 0.2) is 42.5 Å². The molecule has 0 aliphatic carbocycles. The number of esters is 1. The quantitative estimate of drug-likeness (QED) is 0.731. The predicted octanol–water partition coefficient (Wildman–Crippen LogP) is 4.33. The number of halogens is 1. The first-order chi connectivity index (χ1) is 12.5. The molecule has 5 nitrogen and oxygen atoms in total. The SMILES string of the molecule is CC[C@@H](C(=O)OCC(=O)Nc1cc(C)c(Cl)cc1OC)c1ccccc1. The molecule has 0 heterocycles. The summed E-state index contributed by atoms with van der Waals surface area (Å²) >= 11 is 6.05. The number of benzene rings is 2. The number of carbonyl (C=O) groups is 2. The van der Waals surface area contributed by atoms with Crippen LogP contribution in [-0.4, -0.2) is 25.6 Å². The van der Waals surface area contributed by atoms with Gasteiger partial charge in [0.15, 0.2) is 6.61 Å². The standard InChI is InChI=1S/C20H22ClNO4/c1-4-15(14-8-6-5-7-9-14)20(24)26-12-19(23)22-17-10-13(2)16(21)11-18(17)25-3/h5-11,15H,4,12H2,1-3H3,(H,22,23)/t15-/m1/s1. The minimum Gasteiger partial charge on any atom is -0.495 e. The summed E-state index contributed by atoms with van der Waals surface area (Å²) in [5.41, 5.74) is 2.15. The average Bonchev–Trinajstić information content (AvgIpc) is 2.64. The second kappa shape index (κ2) is 9.25. The maximum atomic E-state index is 12.3. The van der Waals surface area contributed by atoms with E-state index in [-0.39, 0.29) is 6.61 Å². The first-order valence-corrected chi connectivity index (χ1v) is 8.69. The molecule has 0 fully saturated rings. The maximum absolute atomic E-state index is 12.3. The van der Waals surface area contributed by atoms with Crippen molar-refractivity contribution in [2.45, 2.75) is 26.2 Å². The van der Waals surface area contributed by atoms with Crippen molar-refractivity contribution in [2.24, 2.45) is 0 Å². The highest BCUT2D eigenvalue weighted by molar-refractivity contribution is 6.31. The molecule has 2 rings (SSSR count). The van der Waals surface area contributed by atoms with E-state index in [1.54, 1.807) is 12.1 Å². The van der Waals surface area contributed by atoms with Crippen LogP contribution in [0.25, 0.3) is 0 Å². The Bertz CT molecular complexity index is 777. The molecular weight excluding hydrogens is 354 g/mol. The molecule has 0 unspecified atom stereocenters. The lowest BCUT2D eigenvalue weighted by Crippen LogP contribution is -2.24. The van der Waals surface area contributed by atoms with Gasteiger partial charge in [-0.05, 0) is 30.5 Å². The number of nitrogens with one attached hydrogen (secondary N) is 1. The molecule has 0 radical (unpaired) electrons. The number of anilines is 1. The van der Waals surface area contributed by atoms with Crippen LogP contribution in [0.1, 0.15) is 30.4 Å². The molecule has 0 saturated heterocycles. The molecule has 0 spiro atoms. The van der Waals surface area contributed by atoms with Gasteiger partial charge in [-0.25, -0.2) is 0 Å². The second-order valence-corrected chi connectivity index (χ2v) is 6.24. The lowest BCUT2D eigenvalue weighted by molar-refractivity contribution is -0.149. The van der Waals surface area contributed by atoms with E-state index in [0.717, 1.165) is 11.1 Å². The minimum atomic E-state index is -0.443. The van der Waals surface area contributed by atoms with Gasteiger partial charge in [0.05, 0.1) is 18.7 Å². The minimum absolute atomic E-state index is 0.368. The molecular formula is C20H22ClNO4. The number of amides is 1. The van der Waals surface area contributed by atoms with Crippen LogP contribution >= 0.6 is 11.6 Å². The van der Waals surface area contributed by atoms with Crippen LogP contribution in [-0.2, 0) is 14.3 Å². The van der Waals surface area contributed by atoms with Gasteiger partial charge < -0.3 is 14.8 Å². The Kier molecular flexibility index (Phi) is 7.04. The van der Waals surface area contributed by atoms with Crippen LogP contribution in [0, 0.1) is 6.92 Å². The Morgan fingerprint density at radius 2 is 1.88 bits per heavy atom. The molecule has 2 aromatic rings. The highest BCUT2D eigenvalue weighted by Gasteiger charge is 2.21. The Hall–Kier alpha value is -2.53. The van der Waals surface area contributed by atoms with E-state index in [9.17, 15) is 9.59 Å². The Morgan fingerprint density at radius 1 is 1.19 bits per heavy atom. The van der Waals surface area contributed by atoms with Crippen LogP contribution in [0.5, 0.6) is 5.75 Å². The Labute approximate surface area is 158 Å². The molecule has 1 amide bonds. The molecule has 26 heavy (non-hydrogen) atoms. The number of carbonyl (C=O) groups excluding carboxylic acids is 2. The fraction of sp³-hybridized carbons (Fsp3) is 0.300. The lowest BCUT2D eigenvalue weighted by Gasteiger charge is -2.15. The first-order valence-electron chi connectivity index (χ1n) is 8.31. The van der Waals surface area contributed by atoms with Crippen LogP contribution < -0.4 is 10.1 Å². The van der Waals surface area contributed by atoms with Gasteiger partial charge in [0, 0.05) is 11.1 Å². The van der Waals surface area contributed by atoms with E-state index in [2.05, 4.69) is 5.32 Å². The number of rotatable bonds is 7. The highest BCUT2D eigenvalue weighted by atomic mass is 35.5. The molecule has 0 saturated carbocycles. The van der Waals surface area contributed by atoms with Gasteiger partial charge in [0.1, 0.15) is 5.75 Å². The molecule has 0 bridgehead atoms. The van der Waals surface area contributed by atoms with Gasteiger partial charge in [0.2, 0.25) is 0 Å². The summed E-state index contributed by atoms with van der Waals surface area (Å²) in [4.78, 5) is 24.5. The summed E-state index contributed by atoms with van der Waals surface area (Å²) < 4.78 is 10.4. The van der Waals surface area contributed by atoms with Gasteiger partial charge in [-0.2, -0.15) is 0 Å². The largest absolute Gasteiger partial charge is 0.495 e. The third kappa shape index (κ3) is 4.99. The molecule has 0 aromatic heterocycles. The van der Waals surface area contributed by atoms with Crippen molar-refractivity contribution in [3.05, 3.63) is 58.6 Å². The third-order valence-electron chi connectivity index (χ3n) is 4.00. The van der Waals surface area contributed by atoms with Crippen molar-refractivity contribution < 1.29 is 19.1 Å². The number of methoxy groups -OCH3 is 1. The predicted molar refractivity (Wildman–Crippen MR) is 102 cm³/mol. The molecule has 2 aromatic carbocycles. The normalized spacial score (nSPS) is 11.5. The molecule has 1 atom stereocenters. The van der Waals surface area contributed by atoms with E-state index < -0.39 is 17.8 Å². The summed E-state index contributed by atoms with van der Waals surface area (Å²) in [6.07, 6.45) is 0.592. The van der Waals surface area contributed by atoms with Gasteiger partial charge >= 0.3 is 5.97 Å². The molecule has 6 heteroatoms. The zero-order valence-corrected chi connectivity index (χ0v) is 15.8.